The maximum absolute atomic E-state index is 12.3. The number of carbonyl (C=O) groups is 1. The van der Waals surface area contributed by atoms with Crippen molar-refractivity contribution >= 4 is 23.5 Å². The number of nitrogens with one attached hydrogen (secondary N) is 2. The molecule has 0 saturated carbocycles. The number of carbonyl (C=O) groups excluding carboxylic acids is 1. The van der Waals surface area contributed by atoms with E-state index in [1.807, 2.05) is 19.1 Å². The third kappa shape index (κ3) is 5.96. The molecule has 2 N–H and O–H groups in total. The van der Waals surface area contributed by atoms with Gasteiger partial charge in [-0.3, -0.25) is 4.79 Å². The van der Waals surface area contributed by atoms with Gasteiger partial charge in [0.15, 0.2) is 0 Å². The van der Waals surface area contributed by atoms with Crippen molar-refractivity contribution < 1.29 is 4.79 Å². The van der Waals surface area contributed by atoms with Crippen molar-refractivity contribution in [1.82, 2.24) is 10.3 Å². The van der Waals surface area contributed by atoms with E-state index in [9.17, 15) is 4.79 Å². The maximum atomic E-state index is 12.3. The van der Waals surface area contributed by atoms with E-state index in [-0.39, 0.29) is 11.3 Å². The van der Waals surface area contributed by atoms with Gasteiger partial charge in [-0.25, -0.2) is 4.98 Å². The van der Waals surface area contributed by atoms with Crippen LogP contribution in [0.5, 0.6) is 0 Å². The van der Waals surface area contributed by atoms with Crippen LogP contribution in [0, 0.1) is 0 Å². The zero-order valence-corrected chi connectivity index (χ0v) is 14.6. The average molecular weight is 309 g/mol. The van der Waals surface area contributed by atoms with Crippen molar-refractivity contribution in [2.24, 2.45) is 0 Å². The van der Waals surface area contributed by atoms with Crippen LogP contribution < -0.4 is 10.6 Å². The molecule has 0 saturated heterocycles. The van der Waals surface area contributed by atoms with Crippen molar-refractivity contribution in [2.75, 3.05) is 30.4 Å². The molecule has 118 valence electrons. The van der Waals surface area contributed by atoms with Crippen LogP contribution in [-0.4, -0.2) is 36.0 Å². The molecule has 1 heterocycles. The summed E-state index contributed by atoms with van der Waals surface area (Å²) in [4.78, 5) is 16.9. The Morgan fingerprint density at radius 2 is 2.05 bits per heavy atom. The second-order valence-electron chi connectivity index (χ2n) is 6.01. The van der Waals surface area contributed by atoms with Gasteiger partial charge in [-0.15, -0.1) is 0 Å². The normalized spacial score (nSPS) is 11.3. The highest BCUT2D eigenvalue weighted by Crippen LogP contribution is 2.23. The third-order valence-corrected chi connectivity index (χ3v) is 3.72. The first kappa shape index (κ1) is 17.8. The Balaban J connectivity index is 2.89. The molecule has 0 aliphatic carbocycles. The third-order valence-electron chi connectivity index (χ3n) is 3.02. The predicted molar refractivity (Wildman–Crippen MR) is 92.4 cm³/mol. The number of amides is 1. The highest BCUT2D eigenvalue weighted by atomic mass is 32.2. The second-order valence-corrected chi connectivity index (χ2v) is 6.99. The van der Waals surface area contributed by atoms with Crippen LogP contribution in [0.15, 0.2) is 12.1 Å². The van der Waals surface area contributed by atoms with E-state index < -0.39 is 0 Å². The van der Waals surface area contributed by atoms with Crippen LogP contribution in [0.3, 0.4) is 0 Å². The van der Waals surface area contributed by atoms with E-state index >= 15 is 0 Å². The number of rotatable bonds is 7. The van der Waals surface area contributed by atoms with Crippen molar-refractivity contribution in [3.63, 3.8) is 0 Å². The maximum Gasteiger partial charge on any atom is 0.251 e. The van der Waals surface area contributed by atoms with Crippen LogP contribution in [-0.2, 0) is 5.41 Å². The molecular formula is C16H27N3OS. The SMILES string of the molecule is CCNc1cc(C(=O)NCCCSC)cc(C(C)(C)C)n1. The standard InChI is InChI=1S/C16H27N3OS/c1-6-17-14-11-12(10-13(19-14)16(2,3)4)15(20)18-8-7-9-21-5/h10-11H,6-9H2,1-5H3,(H,17,19)(H,18,20). The Labute approximate surface area is 132 Å². The quantitative estimate of drug-likeness (QED) is 0.759. The fraction of sp³-hybridized carbons (Fsp3) is 0.625. The summed E-state index contributed by atoms with van der Waals surface area (Å²) in [5.41, 5.74) is 1.52. The molecule has 1 aromatic rings. The summed E-state index contributed by atoms with van der Waals surface area (Å²) >= 11 is 1.79. The summed E-state index contributed by atoms with van der Waals surface area (Å²) in [5, 5.41) is 6.17. The molecule has 5 heteroatoms. The van der Waals surface area contributed by atoms with Gasteiger partial charge in [-0.2, -0.15) is 11.8 Å². The molecule has 1 aromatic heterocycles. The minimum atomic E-state index is -0.0840. The number of pyridine rings is 1. The molecule has 1 amide bonds. The molecule has 0 bridgehead atoms. The van der Waals surface area contributed by atoms with Gasteiger partial charge >= 0.3 is 0 Å². The first-order chi connectivity index (χ1) is 9.88. The van der Waals surface area contributed by atoms with E-state index in [2.05, 4.69) is 42.6 Å². The number of thioether (sulfide) groups is 1. The molecule has 4 nitrogen and oxygen atoms in total. The van der Waals surface area contributed by atoms with Crippen LogP contribution in [0.2, 0.25) is 0 Å². The summed E-state index contributed by atoms with van der Waals surface area (Å²) in [6, 6.07) is 3.72. The van der Waals surface area contributed by atoms with Gasteiger partial charge in [-0.05, 0) is 37.5 Å². The van der Waals surface area contributed by atoms with Gasteiger partial charge in [0, 0.05) is 29.8 Å². The zero-order valence-electron chi connectivity index (χ0n) is 13.7. The number of anilines is 1. The smallest absolute Gasteiger partial charge is 0.251 e. The number of nitrogens with zero attached hydrogens (tertiary/aromatic N) is 1. The Morgan fingerprint density at radius 1 is 1.33 bits per heavy atom. The average Bonchev–Trinajstić information content (AvgIpc) is 2.42. The molecule has 0 aromatic carbocycles. The molecule has 0 radical (unpaired) electrons. The van der Waals surface area contributed by atoms with E-state index in [1.165, 1.54) is 0 Å². The zero-order chi connectivity index (χ0) is 15.9. The summed E-state index contributed by atoms with van der Waals surface area (Å²) in [5.74, 6) is 1.80. The summed E-state index contributed by atoms with van der Waals surface area (Å²) in [6.45, 7) is 9.83. The van der Waals surface area contributed by atoms with Gasteiger partial charge in [0.05, 0.1) is 0 Å². The Bertz CT molecular complexity index is 469. The van der Waals surface area contributed by atoms with Gasteiger partial charge in [0.25, 0.3) is 5.91 Å². The number of aromatic nitrogens is 1. The van der Waals surface area contributed by atoms with Crippen LogP contribution >= 0.6 is 11.8 Å². The minimum absolute atomic E-state index is 0.0249. The van der Waals surface area contributed by atoms with Crippen LogP contribution in [0.25, 0.3) is 0 Å². The highest BCUT2D eigenvalue weighted by molar-refractivity contribution is 7.98. The Morgan fingerprint density at radius 3 is 2.62 bits per heavy atom. The summed E-state index contributed by atoms with van der Waals surface area (Å²) in [7, 11) is 0. The molecule has 1 rings (SSSR count). The molecule has 0 fully saturated rings. The lowest BCUT2D eigenvalue weighted by molar-refractivity contribution is 0.0953. The molecule has 0 aliphatic heterocycles. The van der Waals surface area contributed by atoms with Crippen LogP contribution in [0.1, 0.15) is 50.2 Å². The summed E-state index contributed by atoms with van der Waals surface area (Å²) in [6.07, 6.45) is 3.06. The fourth-order valence-electron chi connectivity index (χ4n) is 1.84. The highest BCUT2D eigenvalue weighted by Gasteiger charge is 2.19. The van der Waals surface area contributed by atoms with Crippen molar-refractivity contribution in [3.8, 4) is 0 Å². The molecular weight excluding hydrogens is 282 g/mol. The monoisotopic (exact) mass is 309 g/mol. The number of hydrogen-bond donors (Lipinski definition) is 2. The Kier molecular flexibility index (Phi) is 7.02. The molecule has 0 spiro atoms. The topological polar surface area (TPSA) is 54.0 Å². The van der Waals surface area contributed by atoms with Crippen molar-refractivity contribution in [3.05, 3.63) is 23.4 Å². The molecule has 0 unspecified atom stereocenters. The van der Waals surface area contributed by atoms with E-state index in [4.69, 9.17) is 0 Å². The van der Waals surface area contributed by atoms with Crippen molar-refractivity contribution in [1.29, 1.82) is 0 Å². The first-order valence-electron chi connectivity index (χ1n) is 7.42. The van der Waals surface area contributed by atoms with Gasteiger partial charge < -0.3 is 10.6 Å². The lowest BCUT2D eigenvalue weighted by Gasteiger charge is -2.20. The van der Waals surface area contributed by atoms with Gasteiger partial charge in [0.2, 0.25) is 0 Å². The minimum Gasteiger partial charge on any atom is -0.370 e. The lowest BCUT2D eigenvalue weighted by Crippen LogP contribution is -2.26. The number of hydrogen-bond acceptors (Lipinski definition) is 4. The van der Waals surface area contributed by atoms with Crippen LogP contribution in [0.4, 0.5) is 5.82 Å². The second kappa shape index (κ2) is 8.27. The largest absolute Gasteiger partial charge is 0.370 e. The van der Waals surface area contributed by atoms with Gasteiger partial charge in [-0.1, -0.05) is 20.8 Å². The fourth-order valence-corrected chi connectivity index (χ4v) is 2.27. The van der Waals surface area contributed by atoms with Crippen molar-refractivity contribution in [2.45, 2.75) is 39.5 Å². The lowest BCUT2D eigenvalue weighted by atomic mass is 9.90. The van der Waals surface area contributed by atoms with Gasteiger partial charge in [0.1, 0.15) is 5.82 Å². The summed E-state index contributed by atoms with van der Waals surface area (Å²) < 4.78 is 0. The van der Waals surface area contributed by atoms with E-state index in [0.717, 1.165) is 30.2 Å². The Hall–Kier alpha value is -1.23. The molecule has 0 atom stereocenters. The predicted octanol–water partition coefficient (Wildman–Crippen LogP) is 3.29. The first-order valence-corrected chi connectivity index (χ1v) is 8.81. The molecule has 0 aliphatic rings. The van der Waals surface area contributed by atoms with E-state index in [1.54, 1.807) is 11.8 Å². The molecule has 21 heavy (non-hydrogen) atoms. The van der Waals surface area contributed by atoms with E-state index in [0.29, 0.717) is 12.1 Å².